The van der Waals surface area contributed by atoms with E-state index >= 15 is 0 Å². The van der Waals surface area contributed by atoms with E-state index in [1.165, 1.54) is 6.08 Å². The molecule has 7 nitrogen and oxygen atoms in total. The van der Waals surface area contributed by atoms with E-state index in [4.69, 9.17) is 17.4 Å². The number of nitrogens with zero attached hydrogens (tertiary/aromatic N) is 2. The minimum Gasteiger partial charge on any atom is -0.369 e. The molecule has 1 unspecified atom stereocenters. The molecule has 2 rings (SSSR count). The maximum absolute atomic E-state index is 12.5. The van der Waals surface area contributed by atoms with Crippen LogP contribution in [0.15, 0.2) is 36.0 Å². The van der Waals surface area contributed by atoms with Crippen molar-refractivity contribution in [1.82, 2.24) is 9.31 Å². The van der Waals surface area contributed by atoms with Crippen molar-refractivity contribution < 1.29 is 13.2 Å². The number of carbonyl (C=O) groups excluding carboxylic acids is 1. The minimum atomic E-state index is -3.72. The van der Waals surface area contributed by atoms with Crippen molar-refractivity contribution in [1.29, 1.82) is 0 Å². The topological polar surface area (TPSA) is 95.7 Å². The number of hydrazine groups is 1. The molecule has 0 aliphatic carbocycles. The molecule has 0 radical (unpaired) electrons. The standard InChI is InChI=1S/C15H21ClN4O3S/c1-10(2)20(17)24(22,23)13-8-14(19(3)9-13)15(21)18-12-6-4-5-11(16)7-12/h4-8,10,13H,9,17H2,1-3H3,(H,18,21). The molecule has 1 amide bonds. The summed E-state index contributed by atoms with van der Waals surface area (Å²) in [4.78, 5) is 14.0. The van der Waals surface area contributed by atoms with E-state index in [0.29, 0.717) is 10.7 Å². The number of likely N-dealkylation sites (N-methyl/N-ethyl adjacent to an activating group) is 1. The van der Waals surface area contributed by atoms with Crippen molar-refractivity contribution in [2.24, 2.45) is 5.84 Å². The Balaban J connectivity index is 2.20. The van der Waals surface area contributed by atoms with Crippen molar-refractivity contribution in [2.75, 3.05) is 18.9 Å². The molecular weight excluding hydrogens is 352 g/mol. The second-order valence-electron chi connectivity index (χ2n) is 5.90. The molecule has 132 valence electrons. The molecule has 0 bridgehead atoms. The van der Waals surface area contributed by atoms with Gasteiger partial charge in [0.25, 0.3) is 5.91 Å². The number of carbonyl (C=O) groups is 1. The molecule has 0 spiro atoms. The monoisotopic (exact) mass is 372 g/mol. The lowest BCUT2D eigenvalue weighted by Crippen LogP contribution is -2.48. The van der Waals surface area contributed by atoms with Gasteiger partial charge in [0.1, 0.15) is 10.9 Å². The van der Waals surface area contributed by atoms with Crippen molar-refractivity contribution in [2.45, 2.75) is 25.1 Å². The number of sulfonamides is 1. The number of nitrogens with two attached hydrogens (primary N) is 1. The summed E-state index contributed by atoms with van der Waals surface area (Å²) in [6, 6.07) is 6.37. The van der Waals surface area contributed by atoms with Crippen LogP contribution < -0.4 is 11.2 Å². The third-order valence-corrected chi connectivity index (χ3v) is 6.00. The summed E-state index contributed by atoms with van der Waals surface area (Å²) in [5, 5.41) is 2.34. The van der Waals surface area contributed by atoms with E-state index in [9.17, 15) is 13.2 Å². The van der Waals surface area contributed by atoms with Gasteiger partial charge in [-0.15, -0.1) is 4.41 Å². The second-order valence-corrected chi connectivity index (χ2v) is 8.40. The van der Waals surface area contributed by atoms with Crippen LogP contribution in [0.1, 0.15) is 13.8 Å². The van der Waals surface area contributed by atoms with Gasteiger partial charge in [-0.2, -0.15) is 0 Å². The average Bonchev–Trinajstić information content (AvgIpc) is 2.89. The highest BCUT2D eigenvalue weighted by molar-refractivity contribution is 7.89. The smallest absolute Gasteiger partial charge is 0.271 e. The van der Waals surface area contributed by atoms with Crippen LogP contribution in [0.25, 0.3) is 0 Å². The van der Waals surface area contributed by atoms with Crippen LogP contribution in [0.2, 0.25) is 5.02 Å². The van der Waals surface area contributed by atoms with Crippen LogP contribution in [0.5, 0.6) is 0 Å². The fourth-order valence-corrected chi connectivity index (χ4v) is 4.17. The normalized spacial score (nSPS) is 18.2. The number of anilines is 1. The molecule has 1 aromatic rings. The molecule has 0 fully saturated rings. The van der Waals surface area contributed by atoms with E-state index in [1.807, 2.05) is 0 Å². The maximum atomic E-state index is 12.5. The van der Waals surface area contributed by atoms with E-state index in [-0.39, 0.29) is 18.3 Å². The van der Waals surface area contributed by atoms with Gasteiger partial charge in [-0.05, 0) is 38.1 Å². The highest BCUT2D eigenvalue weighted by Gasteiger charge is 2.37. The zero-order chi connectivity index (χ0) is 18.1. The molecule has 1 aromatic carbocycles. The Morgan fingerprint density at radius 3 is 2.71 bits per heavy atom. The lowest BCUT2D eigenvalue weighted by atomic mass is 10.3. The first-order valence-corrected chi connectivity index (χ1v) is 9.29. The first-order chi connectivity index (χ1) is 11.1. The van der Waals surface area contributed by atoms with Crippen LogP contribution in [0, 0.1) is 0 Å². The van der Waals surface area contributed by atoms with Crippen LogP contribution in [0.3, 0.4) is 0 Å². The summed E-state index contributed by atoms with van der Waals surface area (Å²) in [7, 11) is -2.06. The highest BCUT2D eigenvalue weighted by atomic mass is 35.5. The molecule has 24 heavy (non-hydrogen) atoms. The van der Waals surface area contributed by atoms with Crippen molar-refractivity contribution in [3.05, 3.63) is 41.1 Å². The van der Waals surface area contributed by atoms with Gasteiger partial charge in [0.15, 0.2) is 0 Å². The summed E-state index contributed by atoms with van der Waals surface area (Å²) >= 11 is 5.89. The van der Waals surface area contributed by atoms with Gasteiger partial charge in [-0.25, -0.2) is 8.42 Å². The summed E-state index contributed by atoms with van der Waals surface area (Å²) < 4.78 is 25.8. The van der Waals surface area contributed by atoms with Gasteiger partial charge < -0.3 is 10.2 Å². The van der Waals surface area contributed by atoms with E-state index in [0.717, 1.165) is 4.41 Å². The summed E-state index contributed by atoms with van der Waals surface area (Å²) in [5.74, 6) is 5.27. The van der Waals surface area contributed by atoms with Crippen LogP contribution in [-0.2, 0) is 14.8 Å². The van der Waals surface area contributed by atoms with Gasteiger partial charge in [0.2, 0.25) is 10.0 Å². The third-order valence-electron chi connectivity index (χ3n) is 3.71. The van der Waals surface area contributed by atoms with Gasteiger partial charge in [-0.1, -0.05) is 17.7 Å². The molecule has 1 heterocycles. The third kappa shape index (κ3) is 3.89. The van der Waals surface area contributed by atoms with Gasteiger partial charge >= 0.3 is 0 Å². The quantitative estimate of drug-likeness (QED) is 0.601. The zero-order valence-corrected chi connectivity index (χ0v) is 15.3. The van der Waals surface area contributed by atoms with Crippen LogP contribution in [0.4, 0.5) is 5.69 Å². The average molecular weight is 373 g/mol. The maximum Gasteiger partial charge on any atom is 0.271 e. The van der Waals surface area contributed by atoms with Gasteiger partial charge in [0, 0.05) is 30.3 Å². The summed E-state index contributed by atoms with van der Waals surface area (Å²) in [5.41, 5.74) is 0.816. The molecule has 0 saturated carbocycles. The minimum absolute atomic E-state index is 0.168. The molecule has 1 atom stereocenters. The number of amides is 1. The zero-order valence-electron chi connectivity index (χ0n) is 13.7. The number of hydrogen-bond acceptors (Lipinski definition) is 5. The molecule has 0 saturated heterocycles. The SMILES string of the molecule is CC(C)N(N)S(=O)(=O)C1C=C(C(=O)Nc2cccc(Cl)c2)N(C)C1. The number of rotatable bonds is 5. The number of halogens is 1. The second kappa shape index (κ2) is 7.10. The Morgan fingerprint density at radius 2 is 2.12 bits per heavy atom. The Kier molecular flexibility index (Phi) is 5.54. The fourth-order valence-electron chi connectivity index (χ4n) is 2.37. The largest absolute Gasteiger partial charge is 0.369 e. The van der Waals surface area contributed by atoms with Crippen molar-refractivity contribution in [3.8, 4) is 0 Å². The molecule has 1 aliphatic heterocycles. The molecular formula is C15H21ClN4O3S. The molecule has 1 aliphatic rings. The first kappa shape index (κ1) is 18.7. The Morgan fingerprint density at radius 1 is 1.46 bits per heavy atom. The van der Waals surface area contributed by atoms with E-state index in [2.05, 4.69) is 5.32 Å². The summed E-state index contributed by atoms with van der Waals surface area (Å²) in [6.07, 6.45) is 1.43. The first-order valence-electron chi connectivity index (χ1n) is 7.40. The van der Waals surface area contributed by atoms with Crippen molar-refractivity contribution >= 4 is 33.2 Å². The van der Waals surface area contributed by atoms with Crippen molar-refractivity contribution in [3.63, 3.8) is 0 Å². The Labute approximate surface area is 147 Å². The predicted octanol–water partition coefficient (Wildman–Crippen LogP) is 1.39. The Hall–Kier alpha value is -1.61. The van der Waals surface area contributed by atoms with Gasteiger partial charge in [0.05, 0.1) is 0 Å². The molecule has 3 N–H and O–H groups in total. The number of benzene rings is 1. The van der Waals surface area contributed by atoms with Crippen LogP contribution >= 0.6 is 11.6 Å². The van der Waals surface area contributed by atoms with Crippen LogP contribution in [-0.4, -0.2) is 48.5 Å². The Bertz CT molecular complexity index is 764. The fraction of sp³-hybridized carbons (Fsp3) is 0.400. The summed E-state index contributed by atoms with van der Waals surface area (Å²) in [6.45, 7) is 3.54. The molecule has 0 aromatic heterocycles. The number of hydrogen-bond donors (Lipinski definition) is 2. The lowest BCUT2D eigenvalue weighted by molar-refractivity contribution is -0.114. The van der Waals surface area contributed by atoms with Gasteiger partial charge in [-0.3, -0.25) is 10.6 Å². The van der Waals surface area contributed by atoms with E-state index < -0.39 is 21.2 Å². The molecule has 9 heteroatoms. The van der Waals surface area contributed by atoms with E-state index in [1.54, 1.807) is 50.1 Å². The predicted molar refractivity (Wildman–Crippen MR) is 94.7 cm³/mol. The lowest BCUT2D eigenvalue weighted by Gasteiger charge is -2.24. The highest BCUT2D eigenvalue weighted by Crippen LogP contribution is 2.23. The number of nitrogens with one attached hydrogen (secondary N) is 1.